The first kappa shape index (κ1) is 16.2. The minimum absolute atomic E-state index is 0.154. The molecular weight excluding hydrogens is 308 g/mol. The highest BCUT2D eigenvalue weighted by Crippen LogP contribution is 2.32. The van der Waals surface area contributed by atoms with Crippen molar-refractivity contribution in [3.05, 3.63) is 39.9 Å². The average molecular weight is 328 g/mol. The molecule has 2 N–H and O–H groups in total. The molecule has 126 valence electrons. The van der Waals surface area contributed by atoms with E-state index >= 15 is 0 Å². The van der Waals surface area contributed by atoms with Crippen molar-refractivity contribution in [3.8, 4) is 11.4 Å². The smallest absolute Gasteiger partial charge is 0.311 e. The second-order valence-corrected chi connectivity index (χ2v) is 6.57. The molecule has 2 aromatic heterocycles. The lowest BCUT2D eigenvalue weighted by Crippen LogP contribution is -2.31. The molecule has 0 amide bonds. The van der Waals surface area contributed by atoms with Crippen LogP contribution in [0.15, 0.2) is 23.1 Å². The Hall–Kier alpha value is -2.70. The zero-order chi connectivity index (χ0) is 17.5. The second kappa shape index (κ2) is 5.74. The summed E-state index contributed by atoms with van der Waals surface area (Å²) in [6.45, 7) is 6.39. The van der Waals surface area contributed by atoms with Gasteiger partial charge in [-0.1, -0.05) is 0 Å². The van der Waals surface area contributed by atoms with E-state index in [0.717, 1.165) is 11.4 Å². The minimum atomic E-state index is -0.779. The van der Waals surface area contributed by atoms with Crippen LogP contribution >= 0.6 is 0 Å². The molecule has 1 aliphatic rings. The van der Waals surface area contributed by atoms with Gasteiger partial charge in [0.15, 0.2) is 0 Å². The largest absolute Gasteiger partial charge is 0.481 e. The predicted molar refractivity (Wildman–Crippen MR) is 90.1 cm³/mol. The first-order valence-electron chi connectivity index (χ1n) is 7.82. The van der Waals surface area contributed by atoms with Gasteiger partial charge in [0.25, 0.3) is 5.56 Å². The maximum absolute atomic E-state index is 11.9. The van der Waals surface area contributed by atoms with Crippen molar-refractivity contribution in [2.24, 2.45) is 5.41 Å². The summed E-state index contributed by atoms with van der Waals surface area (Å²) < 4.78 is 0. The van der Waals surface area contributed by atoms with Crippen LogP contribution in [0.2, 0.25) is 0 Å². The summed E-state index contributed by atoms with van der Waals surface area (Å²) in [7, 11) is 0. The highest BCUT2D eigenvalue weighted by atomic mass is 16.4. The summed E-state index contributed by atoms with van der Waals surface area (Å²) in [5.41, 5.74) is 1.13. The average Bonchev–Trinajstić information content (AvgIpc) is 2.96. The first-order valence-corrected chi connectivity index (χ1v) is 7.82. The third kappa shape index (κ3) is 2.77. The lowest BCUT2D eigenvalue weighted by Gasteiger charge is -2.21. The van der Waals surface area contributed by atoms with Crippen molar-refractivity contribution >= 4 is 11.8 Å². The summed E-state index contributed by atoms with van der Waals surface area (Å²) in [5.74, 6) is 0.437. The fraction of sp³-hybridized carbons (Fsp3) is 0.412. The van der Waals surface area contributed by atoms with Crippen molar-refractivity contribution in [2.75, 3.05) is 18.0 Å². The van der Waals surface area contributed by atoms with Gasteiger partial charge < -0.3 is 15.0 Å². The number of pyridine rings is 1. The van der Waals surface area contributed by atoms with E-state index in [0.29, 0.717) is 36.6 Å². The Bertz CT molecular complexity index is 844. The molecule has 1 unspecified atom stereocenters. The minimum Gasteiger partial charge on any atom is -0.481 e. The number of aryl methyl sites for hydroxylation is 1. The molecule has 0 saturated carbocycles. The molecule has 1 saturated heterocycles. The van der Waals surface area contributed by atoms with Crippen LogP contribution in [-0.2, 0) is 4.79 Å². The molecular formula is C17H20N4O3. The van der Waals surface area contributed by atoms with E-state index in [4.69, 9.17) is 0 Å². The SMILES string of the molecule is Cc1nc(-c2ccc(N3CCC(C)(C(=O)O)C3)nc2)[nH]c(=O)c1C. The van der Waals surface area contributed by atoms with Gasteiger partial charge in [-0.15, -0.1) is 0 Å². The Morgan fingerprint density at radius 1 is 1.38 bits per heavy atom. The molecule has 0 spiro atoms. The van der Waals surface area contributed by atoms with Crippen LogP contribution in [0.25, 0.3) is 11.4 Å². The van der Waals surface area contributed by atoms with Gasteiger partial charge in [-0.25, -0.2) is 9.97 Å². The van der Waals surface area contributed by atoms with Gasteiger partial charge in [-0.3, -0.25) is 9.59 Å². The Labute approximate surface area is 139 Å². The summed E-state index contributed by atoms with van der Waals surface area (Å²) in [6, 6.07) is 3.67. The van der Waals surface area contributed by atoms with Gasteiger partial charge in [0.1, 0.15) is 11.6 Å². The van der Waals surface area contributed by atoms with Crippen molar-refractivity contribution in [2.45, 2.75) is 27.2 Å². The number of aliphatic carboxylic acids is 1. The van der Waals surface area contributed by atoms with Gasteiger partial charge in [0.2, 0.25) is 0 Å². The Kier molecular flexibility index (Phi) is 3.87. The predicted octanol–water partition coefficient (Wildman–Crippen LogP) is 1.75. The maximum atomic E-state index is 11.9. The number of aromatic amines is 1. The Morgan fingerprint density at radius 3 is 2.67 bits per heavy atom. The number of nitrogens with zero attached hydrogens (tertiary/aromatic N) is 3. The number of nitrogens with one attached hydrogen (secondary N) is 1. The van der Waals surface area contributed by atoms with Gasteiger partial charge in [-0.2, -0.15) is 0 Å². The van der Waals surface area contributed by atoms with E-state index in [2.05, 4.69) is 15.0 Å². The fourth-order valence-electron chi connectivity index (χ4n) is 2.83. The van der Waals surface area contributed by atoms with E-state index in [1.54, 1.807) is 27.0 Å². The van der Waals surface area contributed by atoms with Crippen LogP contribution in [-0.4, -0.2) is 39.1 Å². The molecule has 2 aromatic rings. The zero-order valence-electron chi connectivity index (χ0n) is 14.0. The van der Waals surface area contributed by atoms with Crippen LogP contribution in [0.5, 0.6) is 0 Å². The monoisotopic (exact) mass is 328 g/mol. The number of carboxylic acids is 1. The Balaban J connectivity index is 1.85. The summed E-state index contributed by atoms with van der Waals surface area (Å²) in [6.07, 6.45) is 2.25. The number of anilines is 1. The highest BCUT2D eigenvalue weighted by molar-refractivity contribution is 5.76. The topological polar surface area (TPSA) is 99.2 Å². The molecule has 1 aliphatic heterocycles. The van der Waals surface area contributed by atoms with Crippen molar-refractivity contribution in [1.82, 2.24) is 15.0 Å². The number of carbonyl (C=O) groups is 1. The standard InChI is InChI=1S/C17H20N4O3/c1-10-11(2)19-14(20-15(10)22)12-4-5-13(18-8-12)21-7-6-17(3,9-21)16(23)24/h4-5,8H,6-7,9H2,1-3H3,(H,23,24)(H,19,20,22). The molecule has 0 radical (unpaired) electrons. The molecule has 0 bridgehead atoms. The van der Waals surface area contributed by atoms with Crippen molar-refractivity contribution in [1.29, 1.82) is 0 Å². The summed E-state index contributed by atoms with van der Waals surface area (Å²) in [4.78, 5) is 36.7. The van der Waals surface area contributed by atoms with Crippen LogP contribution in [0.3, 0.4) is 0 Å². The second-order valence-electron chi connectivity index (χ2n) is 6.57. The molecule has 7 nitrogen and oxygen atoms in total. The Morgan fingerprint density at radius 2 is 2.12 bits per heavy atom. The summed E-state index contributed by atoms with van der Waals surface area (Å²) >= 11 is 0. The highest BCUT2D eigenvalue weighted by Gasteiger charge is 2.40. The molecule has 3 rings (SSSR count). The van der Waals surface area contributed by atoms with E-state index in [9.17, 15) is 14.7 Å². The number of H-pyrrole nitrogens is 1. The fourth-order valence-corrected chi connectivity index (χ4v) is 2.83. The van der Waals surface area contributed by atoms with Crippen molar-refractivity contribution in [3.63, 3.8) is 0 Å². The third-order valence-electron chi connectivity index (χ3n) is 4.73. The molecule has 1 atom stereocenters. The van der Waals surface area contributed by atoms with Crippen LogP contribution in [0.4, 0.5) is 5.82 Å². The number of rotatable bonds is 3. The van der Waals surface area contributed by atoms with Crippen LogP contribution in [0, 0.1) is 19.3 Å². The molecule has 1 fully saturated rings. The van der Waals surface area contributed by atoms with Gasteiger partial charge in [0, 0.05) is 36.1 Å². The molecule has 3 heterocycles. The van der Waals surface area contributed by atoms with E-state index in [1.165, 1.54) is 0 Å². The summed E-state index contributed by atoms with van der Waals surface area (Å²) in [5, 5.41) is 9.32. The van der Waals surface area contributed by atoms with Gasteiger partial charge in [0.05, 0.1) is 5.41 Å². The zero-order valence-corrected chi connectivity index (χ0v) is 14.0. The van der Waals surface area contributed by atoms with Crippen LogP contribution in [0.1, 0.15) is 24.6 Å². The third-order valence-corrected chi connectivity index (χ3v) is 4.73. The number of hydrogen-bond acceptors (Lipinski definition) is 5. The van der Waals surface area contributed by atoms with E-state index in [1.807, 2.05) is 17.0 Å². The number of aromatic nitrogens is 3. The van der Waals surface area contributed by atoms with Gasteiger partial charge >= 0.3 is 5.97 Å². The van der Waals surface area contributed by atoms with Gasteiger partial charge in [-0.05, 0) is 39.3 Å². The first-order chi connectivity index (χ1) is 11.3. The number of carboxylic acid groups (broad SMARTS) is 1. The van der Waals surface area contributed by atoms with E-state index in [-0.39, 0.29) is 5.56 Å². The lowest BCUT2D eigenvalue weighted by molar-refractivity contribution is -0.146. The maximum Gasteiger partial charge on any atom is 0.311 e. The van der Waals surface area contributed by atoms with E-state index < -0.39 is 11.4 Å². The van der Waals surface area contributed by atoms with Crippen LogP contribution < -0.4 is 10.5 Å². The lowest BCUT2D eigenvalue weighted by atomic mass is 9.90. The normalized spacial score (nSPS) is 20.4. The molecule has 0 aliphatic carbocycles. The van der Waals surface area contributed by atoms with Crippen molar-refractivity contribution < 1.29 is 9.90 Å². The molecule has 0 aromatic carbocycles. The quantitative estimate of drug-likeness (QED) is 0.890. The molecule has 24 heavy (non-hydrogen) atoms. The number of hydrogen-bond donors (Lipinski definition) is 2. The molecule has 7 heteroatoms.